The number of rotatable bonds is 3. The SMILES string of the molecule is CC1(C)c2ccccc2-c2cc3c(cc21)[nH]c1ccc(-c2cccc(-c4ccc5c(c4)c4ccccc4n5C4C=CCCC4)c2)cc13. The first kappa shape index (κ1) is 26.8. The van der Waals surface area contributed by atoms with Gasteiger partial charge in [0.05, 0.1) is 6.04 Å². The van der Waals surface area contributed by atoms with Crippen LogP contribution in [0.2, 0.25) is 0 Å². The number of hydrogen-bond acceptors (Lipinski definition) is 0. The summed E-state index contributed by atoms with van der Waals surface area (Å²) in [6.07, 6.45) is 8.40. The lowest BCUT2D eigenvalue weighted by Gasteiger charge is -2.21. The van der Waals surface area contributed by atoms with Gasteiger partial charge in [-0.3, -0.25) is 0 Å². The zero-order valence-electron chi connectivity index (χ0n) is 26.8. The number of para-hydroxylation sites is 1. The van der Waals surface area contributed by atoms with E-state index in [2.05, 4.69) is 157 Å². The molecule has 8 aromatic rings. The number of fused-ring (bicyclic) bond motifs is 9. The topological polar surface area (TPSA) is 20.7 Å². The molecule has 47 heavy (non-hydrogen) atoms. The summed E-state index contributed by atoms with van der Waals surface area (Å²) in [6.45, 7) is 4.70. The van der Waals surface area contributed by atoms with Crippen LogP contribution in [0.3, 0.4) is 0 Å². The molecule has 1 unspecified atom stereocenters. The molecule has 0 bridgehead atoms. The van der Waals surface area contributed by atoms with E-state index in [1.54, 1.807) is 0 Å². The number of allylic oxidation sites excluding steroid dienone is 2. The Morgan fingerprint density at radius 1 is 0.574 bits per heavy atom. The van der Waals surface area contributed by atoms with E-state index in [0.29, 0.717) is 6.04 Å². The van der Waals surface area contributed by atoms with Gasteiger partial charge in [0, 0.05) is 49.0 Å². The van der Waals surface area contributed by atoms with Crippen LogP contribution in [0.4, 0.5) is 0 Å². The number of hydrogen-bond donors (Lipinski definition) is 1. The Morgan fingerprint density at radius 2 is 1.30 bits per heavy atom. The molecule has 2 heterocycles. The van der Waals surface area contributed by atoms with Gasteiger partial charge in [-0.2, -0.15) is 0 Å². The van der Waals surface area contributed by atoms with Crippen LogP contribution in [-0.4, -0.2) is 9.55 Å². The van der Waals surface area contributed by atoms with Crippen LogP contribution in [0, 0.1) is 0 Å². The van der Waals surface area contributed by atoms with Crippen LogP contribution >= 0.6 is 0 Å². The van der Waals surface area contributed by atoms with Crippen molar-refractivity contribution in [2.24, 2.45) is 0 Å². The van der Waals surface area contributed by atoms with E-state index in [9.17, 15) is 0 Å². The fourth-order valence-corrected chi connectivity index (χ4v) is 8.70. The fourth-order valence-electron chi connectivity index (χ4n) is 8.70. The van der Waals surface area contributed by atoms with Crippen molar-refractivity contribution in [1.82, 2.24) is 9.55 Å². The predicted molar refractivity (Wildman–Crippen MR) is 199 cm³/mol. The molecule has 0 fully saturated rings. The van der Waals surface area contributed by atoms with Gasteiger partial charge in [-0.15, -0.1) is 0 Å². The summed E-state index contributed by atoms with van der Waals surface area (Å²) in [7, 11) is 0. The summed E-state index contributed by atoms with van der Waals surface area (Å²) in [5.74, 6) is 0. The van der Waals surface area contributed by atoms with Gasteiger partial charge in [-0.25, -0.2) is 0 Å². The number of benzene rings is 6. The Kier molecular flexibility index (Phi) is 5.61. The standard InChI is InChI=1S/C45H36N2/c1-45(2)39-17-8-6-15-33(39)35-26-37-36-24-30(19-21-41(36)46-42(37)27-40(35)45)28-11-10-12-29(23-28)31-20-22-44-38(25-31)34-16-7-9-18-43(34)47(44)32-13-4-3-5-14-32/h4,6-13,15-27,32,46H,3,5,14H2,1-2H3. The first-order chi connectivity index (χ1) is 23.0. The largest absolute Gasteiger partial charge is 0.355 e. The summed E-state index contributed by atoms with van der Waals surface area (Å²) in [5, 5.41) is 5.24. The first-order valence-electron chi connectivity index (χ1n) is 17.0. The maximum Gasteiger partial charge on any atom is 0.0522 e. The highest BCUT2D eigenvalue weighted by atomic mass is 15.0. The van der Waals surface area contributed by atoms with Crippen molar-refractivity contribution < 1.29 is 0 Å². The van der Waals surface area contributed by atoms with Gasteiger partial charge in [0.15, 0.2) is 0 Å². The number of H-pyrrole nitrogens is 1. The number of nitrogens with zero attached hydrogens (tertiary/aromatic N) is 1. The molecular formula is C45H36N2. The third-order valence-corrected chi connectivity index (χ3v) is 11.1. The highest BCUT2D eigenvalue weighted by molar-refractivity contribution is 6.11. The Morgan fingerprint density at radius 3 is 2.15 bits per heavy atom. The highest BCUT2D eigenvalue weighted by Gasteiger charge is 2.35. The van der Waals surface area contributed by atoms with Crippen molar-refractivity contribution in [2.75, 3.05) is 0 Å². The second-order valence-electron chi connectivity index (χ2n) is 14.1. The molecule has 226 valence electrons. The maximum absolute atomic E-state index is 3.74. The monoisotopic (exact) mass is 604 g/mol. The molecule has 1 atom stereocenters. The number of nitrogens with one attached hydrogen (secondary N) is 1. The molecule has 2 aromatic heterocycles. The van der Waals surface area contributed by atoms with Crippen molar-refractivity contribution in [2.45, 2.75) is 44.6 Å². The van der Waals surface area contributed by atoms with Crippen molar-refractivity contribution >= 4 is 43.6 Å². The highest BCUT2D eigenvalue weighted by Crippen LogP contribution is 2.50. The van der Waals surface area contributed by atoms with E-state index in [0.717, 1.165) is 0 Å². The van der Waals surface area contributed by atoms with E-state index >= 15 is 0 Å². The Hall–Kier alpha value is -5.34. The minimum atomic E-state index is -0.00610. The molecule has 0 aliphatic heterocycles. The summed E-state index contributed by atoms with van der Waals surface area (Å²) >= 11 is 0. The van der Waals surface area contributed by atoms with Gasteiger partial charge in [-0.1, -0.05) is 98.8 Å². The Balaban J connectivity index is 1.08. The van der Waals surface area contributed by atoms with Gasteiger partial charge < -0.3 is 9.55 Å². The summed E-state index contributed by atoms with van der Waals surface area (Å²) in [6, 6.07) is 46.1. The summed E-state index contributed by atoms with van der Waals surface area (Å²) in [4.78, 5) is 3.74. The van der Waals surface area contributed by atoms with Crippen LogP contribution in [0.25, 0.3) is 77.0 Å². The van der Waals surface area contributed by atoms with Crippen molar-refractivity contribution in [3.63, 3.8) is 0 Å². The van der Waals surface area contributed by atoms with Gasteiger partial charge in [-0.05, 0) is 112 Å². The van der Waals surface area contributed by atoms with Gasteiger partial charge in [0.1, 0.15) is 0 Å². The number of aromatic nitrogens is 2. The second-order valence-corrected chi connectivity index (χ2v) is 14.1. The van der Waals surface area contributed by atoms with Gasteiger partial charge in [0.2, 0.25) is 0 Å². The van der Waals surface area contributed by atoms with E-state index in [4.69, 9.17) is 0 Å². The molecule has 6 aromatic carbocycles. The molecule has 0 saturated heterocycles. The van der Waals surface area contributed by atoms with Crippen LogP contribution < -0.4 is 0 Å². The van der Waals surface area contributed by atoms with E-state index in [1.165, 1.54) is 107 Å². The molecule has 0 saturated carbocycles. The van der Waals surface area contributed by atoms with Crippen molar-refractivity contribution in [1.29, 1.82) is 0 Å². The van der Waals surface area contributed by atoms with Crippen molar-refractivity contribution in [3.8, 4) is 33.4 Å². The van der Waals surface area contributed by atoms with E-state index < -0.39 is 0 Å². The average molecular weight is 605 g/mol. The average Bonchev–Trinajstić information content (AvgIpc) is 3.72. The quantitative estimate of drug-likeness (QED) is 0.194. The minimum absolute atomic E-state index is 0.00610. The first-order valence-corrected chi connectivity index (χ1v) is 17.0. The lowest BCUT2D eigenvalue weighted by atomic mass is 9.82. The van der Waals surface area contributed by atoms with Crippen LogP contribution in [-0.2, 0) is 5.41 Å². The zero-order valence-corrected chi connectivity index (χ0v) is 26.8. The minimum Gasteiger partial charge on any atom is -0.355 e. The molecule has 0 radical (unpaired) electrons. The van der Waals surface area contributed by atoms with Crippen LogP contribution in [0.15, 0.2) is 133 Å². The molecule has 2 aliphatic carbocycles. The third kappa shape index (κ3) is 3.91. The van der Waals surface area contributed by atoms with E-state index in [1.807, 2.05) is 0 Å². The molecule has 1 N–H and O–H groups in total. The molecular weight excluding hydrogens is 569 g/mol. The van der Waals surface area contributed by atoms with E-state index in [-0.39, 0.29) is 5.41 Å². The second kappa shape index (κ2) is 9.83. The molecule has 2 heteroatoms. The Labute approximate surface area is 275 Å². The normalized spacial score (nSPS) is 16.8. The predicted octanol–water partition coefficient (Wildman–Crippen LogP) is 12.4. The Bertz CT molecular complexity index is 2590. The molecule has 2 nitrogen and oxygen atoms in total. The van der Waals surface area contributed by atoms with Gasteiger partial charge >= 0.3 is 0 Å². The lowest BCUT2D eigenvalue weighted by Crippen LogP contribution is -2.14. The molecule has 2 aliphatic rings. The molecule has 10 rings (SSSR count). The van der Waals surface area contributed by atoms with Crippen LogP contribution in [0.5, 0.6) is 0 Å². The molecule has 0 amide bonds. The zero-order chi connectivity index (χ0) is 31.3. The number of aromatic amines is 1. The van der Waals surface area contributed by atoms with Crippen molar-refractivity contribution in [3.05, 3.63) is 145 Å². The smallest absolute Gasteiger partial charge is 0.0522 e. The third-order valence-electron chi connectivity index (χ3n) is 11.1. The van der Waals surface area contributed by atoms with Gasteiger partial charge in [0.25, 0.3) is 0 Å². The molecule has 0 spiro atoms. The summed E-state index contributed by atoms with van der Waals surface area (Å²) in [5.41, 5.74) is 15.6. The van der Waals surface area contributed by atoms with Crippen LogP contribution in [0.1, 0.15) is 50.3 Å². The summed E-state index contributed by atoms with van der Waals surface area (Å²) < 4.78 is 2.56. The maximum atomic E-state index is 3.74. The lowest BCUT2D eigenvalue weighted by molar-refractivity contribution is 0.542. The fraction of sp³-hybridized carbons (Fsp3) is 0.156.